The molecule has 1 N–H and O–H groups in total. The molecule has 2 aliphatic rings. The predicted molar refractivity (Wildman–Crippen MR) is 130 cm³/mol. The molecule has 0 atom stereocenters. The first-order chi connectivity index (χ1) is 16.6. The molecule has 0 unspecified atom stereocenters. The van der Waals surface area contributed by atoms with Gasteiger partial charge in [-0.2, -0.15) is 0 Å². The Morgan fingerprint density at radius 1 is 1.24 bits per heavy atom. The number of fused-ring (bicyclic) bond motifs is 2. The van der Waals surface area contributed by atoms with Crippen LogP contribution in [0.1, 0.15) is 24.4 Å². The highest BCUT2D eigenvalue weighted by Crippen LogP contribution is 2.45. The van der Waals surface area contributed by atoms with Crippen molar-refractivity contribution in [3.05, 3.63) is 74.8 Å². The number of ether oxygens (including phenoxy) is 2. The number of nitrogens with one attached hydrogen (secondary N) is 1. The molecule has 0 radical (unpaired) electrons. The minimum atomic E-state index is -0.557. The van der Waals surface area contributed by atoms with Gasteiger partial charge in [0.15, 0.2) is 5.75 Å². The molecule has 1 aliphatic heterocycles. The normalized spacial score (nSPS) is 15.8. The number of aromatic amines is 1. The molecule has 2 aromatic heterocycles. The van der Waals surface area contributed by atoms with Gasteiger partial charge >= 0.3 is 0 Å². The molecule has 0 saturated heterocycles. The van der Waals surface area contributed by atoms with Gasteiger partial charge < -0.3 is 18.9 Å². The fourth-order valence-electron chi connectivity index (χ4n) is 4.66. The smallest absolute Gasteiger partial charge is 0.271 e. The Morgan fingerprint density at radius 2 is 2.03 bits per heavy atom. The Kier molecular flexibility index (Phi) is 4.95. The van der Waals surface area contributed by atoms with Crippen molar-refractivity contribution >= 4 is 32.7 Å². The van der Waals surface area contributed by atoms with E-state index in [4.69, 9.17) is 9.47 Å². The zero-order valence-electron chi connectivity index (χ0n) is 18.5. The van der Waals surface area contributed by atoms with Crippen LogP contribution in [0.2, 0.25) is 0 Å². The topological polar surface area (TPSA) is 76.6 Å². The van der Waals surface area contributed by atoms with E-state index < -0.39 is 16.8 Å². The molecule has 0 amide bonds. The highest BCUT2D eigenvalue weighted by Gasteiger charge is 2.31. The number of pyridine rings is 1. The predicted octanol–water partition coefficient (Wildman–Crippen LogP) is 4.36. The number of H-pyrrole nitrogens is 1. The summed E-state index contributed by atoms with van der Waals surface area (Å²) in [4.78, 5) is 28.3. The zero-order chi connectivity index (χ0) is 23.4. The molecule has 9 heteroatoms. The quantitative estimate of drug-likeness (QED) is 0.460. The van der Waals surface area contributed by atoms with Crippen LogP contribution in [0.5, 0.6) is 5.75 Å². The summed E-state index contributed by atoms with van der Waals surface area (Å²) in [5.41, 5.74) is 1.69. The Balaban J connectivity index is 1.54. The second-order valence-corrected chi connectivity index (χ2v) is 9.42. The van der Waals surface area contributed by atoms with Crippen LogP contribution in [-0.4, -0.2) is 34.1 Å². The second-order valence-electron chi connectivity index (χ2n) is 8.63. The number of aromatic nitrogens is 2. The molecule has 0 bridgehead atoms. The Labute approximate surface area is 197 Å². The average Bonchev–Trinajstić information content (AvgIpc) is 3.61. The molecule has 6 rings (SSSR count). The summed E-state index contributed by atoms with van der Waals surface area (Å²) in [5, 5.41) is 0.247. The molecule has 0 spiro atoms. The molecular weight excluding hydrogens is 457 g/mol. The maximum Gasteiger partial charge on any atom is 0.271 e. The first-order valence-electron chi connectivity index (χ1n) is 11.1. The van der Waals surface area contributed by atoms with Crippen LogP contribution in [0.25, 0.3) is 32.2 Å². The van der Waals surface area contributed by atoms with E-state index >= 15 is 4.39 Å². The SMILES string of the molecule is COc1c(-c2ccc(CN3C=COCC3)cc2)c(F)cc2c(=O)c3c(=O)[nH]sc3n(C3CC3)c12. The van der Waals surface area contributed by atoms with Crippen LogP contribution in [0.4, 0.5) is 4.39 Å². The van der Waals surface area contributed by atoms with E-state index in [2.05, 4.69) is 9.27 Å². The van der Waals surface area contributed by atoms with E-state index in [9.17, 15) is 9.59 Å². The van der Waals surface area contributed by atoms with Gasteiger partial charge in [-0.15, -0.1) is 0 Å². The lowest BCUT2D eigenvalue weighted by atomic mass is 9.99. The Bertz CT molecular complexity index is 1560. The third-order valence-corrected chi connectivity index (χ3v) is 7.31. The number of halogens is 1. The lowest BCUT2D eigenvalue weighted by Gasteiger charge is -2.23. The monoisotopic (exact) mass is 479 g/mol. The van der Waals surface area contributed by atoms with Crippen molar-refractivity contribution < 1.29 is 13.9 Å². The third kappa shape index (κ3) is 3.30. The van der Waals surface area contributed by atoms with Gasteiger partial charge in [0.25, 0.3) is 5.56 Å². The maximum absolute atomic E-state index is 15.5. The Morgan fingerprint density at radius 3 is 2.71 bits per heavy atom. The van der Waals surface area contributed by atoms with Gasteiger partial charge in [0.1, 0.15) is 22.6 Å². The van der Waals surface area contributed by atoms with E-state index in [1.54, 1.807) is 6.26 Å². The second kappa shape index (κ2) is 8.02. The molecule has 7 nitrogen and oxygen atoms in total. The van der Waals surface area contributed by atoms with Crippen LogP contribution in [0, 0.1) is 5.82 Å². The van der Waals surface area contributed by atoms with Crippen LogP contribution in [0.15, 0.2) is 52.4 Å². The van der Waals surface area contributed by atoms with Crippen molar-refractivity contribution in [2.75, 3.05) is 20.3 Å². The number of hydrogen-bond acceptors (Lipinski definition) is 6. The van der Waals surface area contributed by atoms with Gasteiger partial charge in [0.05, 0.1) is 36.4 Å². The van der Waals surface area contributed by atoms with Crippen molar-refractivity contribution in [3.63, 3.8) is 0 Å². The van der Waals surface area contributed by atoms with E-state index in [-0.39, 0.29) is 16.8 Å². The number of methoxy groups -OCH3 is 1. The van der Waals surface area contributed by atoms with Gasteiger partial charge in [0, 0.05) is 18.8 Å². The largest absolute Gasteiger partial charge is 0.498 e. The molecule has 1 fully saturated rings. The molecule has 1 aliphatic carbocycles. The van der Waals surface area contributed by atoms with Gasteiger partial charge in [0.2, 0.25) is 5.43 Å². The first-order valence-corrected chi connectivity index (χ1v) is 12.0. The summed E-state index contributed by atoms with van der Waals surface area (Å²) in [6, 6.07) is 9.08. The highest BCUT2D eigenvalue weighted by atomic mass is 32.1. The van der Waals surface area contributed by atoms with Crippen molar-refractivity contribution in [1.29, 1.82) is 0 Å². The standard InChI is InChI=1S/C25H22FN3O4S/c1-32-23-19(15-4-2-14(3-5-15)13-28-8-10-33-11-9-28)18(26)12-17-21(23)29(16-6-7-16)25-20(22(17)30)24(31)27-34-25/h2-5,8,10,12,16H,6-7,9,11,13H2,1H3,(H,27,31). The van der Waals surface area contributed by atoms with Crippen LogP contribution in [-0.2, 0) is 11.3 Å². The lowest BCUT2D eigenvalue weighted by molar-refractivity contribution is 0.169. The fourth-order valence-corrected chi connectivity index (χ4v) is 5.58. The van der Waals surface area contributed by atoms with Crippen LogP contribution < -0.4 is 15.7 Å². The number of rotatable bonds is 5. The van der Waals surface area contributed by atoms with Crippen LogP contribution >= 0.6 is 11.5 Å². The molecule has 4 aromatic rings. The molecule has 3 heterocycles. The van der Waals surface area contributed by atoms with Crippen molar-refractivity contribution in [3.8, 4) is 16.9 Å². The maximum atomic E-state index is 15.5. The number of nitrogens with zero attached hydrogens (tertiary/aromatic N) is 2. The zero-order valence-corrected chi connectivity index (χ0v) is 19.3. The van der Waals surface area contributed by atoms with Crippen LogP contribution in [0.3, 0.4) is 0 Å². The summed E-state index contributed by atoms with van der Waals surface area (Å²) in [5.74, 6) is -0.246. The summed E-state index contributed by atoms with van der Waals surface area (Å²) >= 11 is 1.14. The van der Waals surface area contributed by atoms with Gasteiger partial charge in [-0.25, -0.2) is 4.39 Å². The van der Waals surface area contributed by atoms with E-state index in [0.29, 0.717) is 33.8 Å². The van der Waals surface area contributed by atoms with E-state index in [1.807, 2.05) is 35.0 Å². The molecule has 34 heavy (non-hydrogen) atoms. The van der Waals surface area contributed by atoms with E-state index in [0.717, 1.165) is 43.0 Å². The summed E-state index contributed by atoms with van der Waals surface area (Å²) in [6.07, 6.45) is 5.46. The average molecular weight is 480 g/mol. The molecule has 174 valence electrons. The van der Waals surface area contributed by atoms with Crippen molar-refractivity contribution in [2.24, 2.45) is 0 Å². The molecule has 1 saturated carbocycles. The molecular formula is C25H22FN3O4S. The van der Waals surface area contributed by atoms with Crippen molar-refractivity contribution in [1.82, 2.24) is 13.8 Å². The van der Waals surface area contributed by atoms with Crippen molar-refractivity contribution in [2.45, 2.75) is 25.4 Å². The summed E-state index contributed by atoms with van der Waals surface area (Å²) in [6.45, 7) is 2.19. The number of hydrogen-bond donors (Lipinski definition) is 1. The van der Waals surface area contributed by atoms with Gasteiger partial charge in [-0.3, -0.25) is 14.0 Å². The first kappa shape index (κ1) is 21.0. The third-order valence-electron chi connectivity index (χ3n) is 6.43. The minimum absolute atomic E-state index is 0.0834. The highest BCUT2D eigenvalue weighted by molar-refractivity contribution is 7.12. The Hall–Kier alpha value is -3.59. The fraction of sp³-hybridized carbons (Fsp3) is 0.280. The minimum Gasteiger partial charge on any atom is -0.498 e. The van der Waals surface area contributed by atoms with E-state index in [1.165, 1.54) is 13.2 Å². The number of benzene rings is 2. The van der Waals surface area contributed by atoms with Gasteiger partial charge in [-0.05, 0) is 41.6 Å². The van der Waals surface area contributed by atoms with Gasteiger partial charge in [-0.1, -0.05) is 24.3 Å². The molecule has 2 aromatic carbocycles. The summed E-state index contributed by atoms with van der Waals surface area (Å²) < 4.78 is 31.2. The lowest BCUT2D eigenvalue weighted by Crippen LogP contribution is -2.24. The summed E-state index contributed by atoms with van der Waals surface area (Å²) in [7, 11) is 1.49.